The smallest absolute Gasteiger partial charge is 0.393 e. The molecule has 0 unspecified atom stereocenters. The van der Waals surface area contributed by atoms with E-state index in [4.69, 9.17) is 0 Å². The van der Waals surface area contributed by atoms with E-state index in [0.29, 0.717) is 35.5 Å². The highest BCUT2D eigenvalue weighted by Crippen LogP contribution is 2.35. The number of aryl methyl sites for hydroxylation is 1. The molecule has 2 heterocycles. The molecule has 4 aromatic rings. The molecule has 5 rings (SSSR count). The Labute approximate surface area is 216 Å². The Bertz CT molecular complexity index is 1440. The van der Waals surface area contributed by atoms with Crippen LogP contribution in [0, 0.1) is 5.82 Å². The Balaban J connectivity index is 1.49. The van der Waals surface area contributed by atoms with E-state index >= 15 is 0 Å². The number of benzene rings is 2. The first-order valence-electron chi connectivity index (χ1n) is 12.2. The summed E-state index contributed by atoms with van der Waals surface area (Å²) in [5.41, 5.74) is 3.32. The highest BCUT2D eigenvalue weighted by molar-refractivity contribution is 5.75. The fourth-order valence-corrected chi connectivity index (χ4v) is 4.57. The lowest BCUT2D eigenvalue weighted by Gasteiger charge is -2.23. The number of fused-ring (bicyclic) bond motifs is 1. The lowest BCUT2D eigenvalue weighted by atomic mass is 9.88. The molecular formula is C28H25F4N5O. The summed E-state index contributed by atoms with van der Waals surface area (Å²) in [6, 6.07) is 15.0. The number of hydrogen-bond donors (Lipinski definition) is 3. The maximum Gasteiger partial charge on any atom is 0.433 e. The van der Waals surface area contributed by atoms with Crippen LogP contribution in [0.1, 0.15) is 41.8 Å². The van der Waals surface area contributed by atoms with Crippen LogP contribution in [0.5, 0.6) is 0 Å². The monoisotopic (exact) mass is 523 g/mol. The molecule has 196 valence electrons. The predicted octanol–water partition coefficient (Wildman–Crippen LogP) is 6.46. The van der Waals surface area contributed by atoms with Gasteiger partial charge >= 0.3 is 6.18 Å². The molecule has 0 fully saturated rings. The van der Waals surface area contributed by atoms with Gasteiger partial charge in [-0.25, -0.2) is 19.3 Å². The Morgan fingerprint density at radius 2 is 1.82 bits per heavy atom. The molecule has 10 heteroatoms. The minimum Gasteiger partial charge on any atom is -0.393 e. The minimum absolute atomic E-state index is 0.0125. The Kier molecular flexibility index (Phi) is 6.98. The molecule has 1 aliphatic rings. The molecule has 0 saturated carbocycles. The van der Waals surface area contributed by atoms with Gasteiger partial charge in [-0.2, -0.15) is 13.2 Å². The summed E-state index contributed by atoms with van der Waals surface area (Å²) < 4.78 is 53.8. The van der Waals surface area contributed by atoms with Crippen molar-refractivity contribution in [3.8, 4) is 11.3 Å². The van der Waals surface area contributed by atoms with Crippen molar-refractivity contribution in [1.29, 1.82) is 0 Å². The van der Waals surface area contributed by atoms with Crippen LogP contribution in [0.3, 0.4) is 0 Å². The molecule has 2 atom stereocenters. The third-order valence-electron chi connectivity index (χ3n) is 6.57. The lowest BCUT2D eigenvalue weighted by molar-refractivity contribution is -0.141. The van der Waals surface area contributed by atoms with Crippen molar-refractivity contribution in [1.82, 2.24) is 15.0 Å². The first-order chi connectivity index (χ1) is 18.2. The summed E-state index contributed by atoms with van der Waals surface area (Å²) in [6.07, 6.45) is -1.72. The van der Waals surface area contributed by atoms with Gasteiger partial charge in [0.15, 0.2) is 0 Å². The molecule has 2 aromatic heterocycles. The minimum atomic E-state index is -4.64. The van der Waals surface area contributed by atoms with E-state index in [0.717, 1.165) is 29.3 Å². The lowest BCUT2D eigenvalue weighted by Crippen LogP contribution is -2.19. The van der Waals surface area contributed by atoms with Crippen molar-refractivity contribution in [3.05, 3.63) is 95.2 Å². The molecular weight excluding hydrogens is 498 g/mol. The van der Waals surface area contributed by atoms with E-state index in [2.05, 4.69) is 25.6 Å². The van der Waals surface area contributed by atoms with E-state index in [1.54, 1.807) is 25.1 Å². The van der Waals surface area contributed by atoms with Crippen LogP contribution in [-0.4, -0.2) is 26.2 Å². The molecule has 0 spiro atoms. The van der Waals surface area contributed by atoms with Gasteiger partial charge in [0.25, 0.3) is 0 Å². The van der Waals surface area contributed by atoms with Crippen LogP contribution in [0.15, 0.2) is 67.0 Å². The van der Waals surface area contributed by atoms with Crippen molar-refractivity contribution in [2.24, 2.45) is 0 Å². The zero-order chi connectivity index (χ0) is 26.9. The summed E-state index contributed by atoms with van der Waals surface area (Å²) >= 11 is 0. The van der Waals surface area contributed by atoms with Crippen molar-refractivity contribution < 1.29 is 22.7 Å². The summed E-state index contributed by atoms with van der Waals surface area (Å²) in [5, 5.41) is 16.5. The molecule has 1 aliphatic carbocycles. The molecule has 3 N–H and O–H groups in total. The van der Waals surface area contributed by atoms with Crippen LogP contribution < -0.4 is 10.6 Å². The maximum absolute atomic E-state index is 13.5. The number of hydrogen-bond acceptors (Lipinski definition) is 6. The van der Waals surface area contributed by atoms with Crippen LogP contribution in [0.4, 0.5) is 34.9 Å². The second-order valence-corrected chi connectivity index (χ2v) is 9.26. The van der Waals surface area contributed by atoms with Crippen LogP contribution >= 0.6 is 0 Å². The van der Waals surface area contributed by atoms with Gasteiger partial charge in [0.1, 0.15) is 29.5 Å². The molecule has 0 aliphatic heterocycles. The van der Waals surface area contributed by atoms with Gasteiger partial charge in [-0.15, -0.1) is 0 Å². The van der Waals surface area contributed by atoms with E-state index in [-0.39, 0.29) is 5.82 Å². The van der Waals surface area contributed by atoms with Crippen LogP contribution in [0.25, 0.3) is 11.3 Å². The predicted molar refractivity (Wildman–Crippen MR) is 136 cm³/mol. The topological polar surface area (TPSA) is 83.0 Å². The quantitative estimate of drug-likeness (QED) is 0.252. The zero-order valence-electron chi connectivity index (χ0n) is 20.4. The second kappa shape index (κ2) is 10.4. The third-order valence-corrected chi connectivity index (χ3v) is 6.57. The third kappa shape index (κ3) is 5.60. The summed E-state index contributed by atoms with van der Waals surface area (Å²) in [6.45, 7) is 1.75. The van der Waals surface area contributed by atoms with Crippen molar-refractivity contribution in [2.45, 2.75) is 44.5 Å². The van der Waals surface area contributed by atoms with Gasteiger partial charge in [0, 0.05) is 29.8 Å². The number of aromatic nitrogens is 3. The number of pyridine rings is 1. The molecule has 38 heavy (non-hydrogen) atoms. The normalized spacial score (nSPS) is 16.0. The first kappa shape index (κ1) is 25.6. The van der Waals surface area contributed by atoms with Crippen molar-refractivity contribution >= 4 is 17.3 Å². The summed E-state index contributed by atoms with van der Waals surface area (Å²) in [4.78, 5) is 12.4. The molecule has 2 aromatic carbocycles. The molecule has 6 nitrogen and oxygen atoms in total. The average molecular weight is 524 g/mol. The van der Waals surface area contributed by atoms with E-state index in [1.807, 2.05) is 18.2 Å². The molecule has 0 radical (unpaired) electrons. The van der Waals surface area contributed by atoms with E-state index in [9.17, 15) is 22.7 Å². The highest BCUT2D eigenvalue weighted by atomic mass is 19.4. The highest BCUT2D eigenvalue weighted by Gasteiger charge is 2.33. The molecule has 0 bridgehead atoms. The number of rotatable bonds is 6. The van der Waals surface area contributed by atoms with Crippen molar-refractivity contribution in [2.75, 3.05) is 10.6 Å². The van der Waals surface area contributed by atoms with Gasteiger partial charge < -0.3 is 15.7 Å². The van der Waals surface area contributed by atoms with E-state index < -0.39 is 29.8 Å². The number of nitrogens with one attached hydrogen (secondary N) is 2. The molecule has 0 amide bonds. The number of halogens is 4. The Hall–Kier alpha value is -4.05. The number of nitrogens with zero attached hydrogens (tertiary/aromatic N) is 3. The van der Waals surface area contributed by atoms with Gasteiger partial charge in [-0.3, -0.25) is 0 Å². The van der Waals surface area contributed by atoms with Crippen LogP contribution in [0.2, 0.25) is 0 Å². The summed E-state index contributed by atoms with van der Waals surface area (Å²) in [5.74, 6) is 0.0245. The number of anilines is 3. The second-order valence-electron chi connectivity index (χ2n) is 9.26. The summed E-state index contributed by atoms with van der Waals surface area (Å²) in [7, 11) is 0. The van der Waals surface area contributed by atoms with Gasteiger partial charge in [0.2, 0.25) is 0 Å². The molecule has 0 saturated heterocycles. The van der Waals surface area contributed by atoms with E-state index in [1.165, 1.54) is 24.5 Å². The van der Waals surface area contributed by atoms with Gasteiger partial charge in [-0.1, -0.05) is 24.3 Å². The van der Waals surface area contributed by atoms with Crippen LogP contribution in [-0.2, 0) is 19.0 Å². The zero-order valence-corrected chi connectivity index (χ0v) is 20.4. The largest absolute Gasteiger partial charge is 0.433 e. The average Bonchev–Trinajstić information content (AvgIpc) is 2.89. The number of aliphatic hydroxyl groups is 1. The Morgan fingerprint density at radius 3 is 2.58 bits per heavy atom. The fourth-order valence-electron chi connectivity index (χ4n) is 4.57. The Morgan fingerprint density at radius 1 is 1.03 bits per heavy atom. The SMILES string of the molecule is C[C@@H](Nc1nc(C(F)(F)F)ccc1-c1cc(Nc2cccc3c2C[C@@H](O)CC3)ncn1)c1ccc(F)cc1. The number of alkyl halides is 3. The fraction of sp³-hybridized carbons (Fsp3) is 0.250. The number of aliphatic hydroxyl groups excluding tert-OH is 1. The van der Waals surface area contributed by atoms with Crippen molar-refractivity contribution in [3.63, 3.8) is 0 Å². The maximum atomic E-state index is 13.5. The van der Waals surface area contributed by atoms with Gasteiger partial charge in [0.05, 0.1) is 11.8 Å². The van der Waals surface area contributed by atoms with Gasteiger partial charge in [-0.05, 0) is 66.8 Å². The standard InChI is InChI=1S/C28H25F4N5O/c1-16(17-5-8-19(29)9-6-17)35-27-21(11-12-25(37-27)28(30,31)32)24-14-26(34-15-33-24)36-23-4-2-3-18-7-10-20(38)13-22(18)23/h2-6,8-9,11-12,14-16,20,38H,7,10,13H2,1H3,(H,35,37)(H,33,34,36)/t16-,20+/m1/s1. The first-order valence-corrected chi connectivity index (χ1v) is 12.2.